The highest BCUT2D eigenvalue weighted by Crippen LogP contribution is 2.17. The molecule has 0 spiro atoms. The van der Waals surface area contributed by atoms with Crippen LogP contribution >= 0.6 is 0 Å². The molecular formula is C48H97NO3. The molecule has 0 rings (SSSR count). The van der Waals surface area contributed by atoms with Gasteiger partial charge in [0.2, 0.25) is 5.91 Å². The van der Waals surface area contributed by atoms with Gasteiger partial charge in [0.1, 0.15) is 0 Å². The van der Waals surface area contributed by atoms with Crippen molar-refractivity contribution in [3.8, 4) is 0 Å². The number of carbonyl (C=O) groups excluding carboxylic acids is 1. The second-order valence-electron chi connectivity index (χ2n) is 16.9. The van der Waals surface area contributed by atoms with Crippen molar-refractivity contribution in [1.82, 2.24) is 5.32 Å². The third-order valence-electron chi connectivity index (χ3n) is 11.6. The van der Waals surface area contributed by atoms with Crippen LogP contribution < -0.4 is 5.32 Å². The average Bonchev–Trinajstić information content (AvgIpc) is 3.15. The maximum absolute atomic E-state index is 12.4. The van der Waals surface area contributed by atoms with Crippen molar-refractivity contribution in [3.63, 3.8) is 0 Å². The first-order chi connectivity index (χ1) is 25.7. The second-order valence-corrected chi connectivity index (χ2v) is 16.9. The lowest BCUT2D eigenvalue weighted by Crippen LogP contribution is -2.45. The van der Waals surface area contributed by atoms with Crippen molar-refractivity contribution in [3.05, 3.63) is 0 Å². The summed E-state index contributed by atoms with van der Waals surface area (Å²) < 4.78 is 0. The normalized spacial score (nSPS) is 12.8. The minimum absolute atomic E-state index is 0.0240. The molecule has 3 N–H and O–H groups in total. The molecule has 0 aromatic heterocycles. The molecule has 1 amide bonds. The zero-order chi connectivity index (χ0) is 37.8. The summed E-state index contributed by atoms with van der Waals surface area (Å²) in [6, 6.07) is -0.530. The number of unbranched alkanes of at least 4 members (excludes halogenated alkanes) is 38. The lowest BCUT2D eigenvalue weighted by molar-refractivity contribution is -0.123. The van der Waals surface area contributed by atoms with Gasteiger partial charge in [0.05, 0.1) is 18.8 Å². The van der Waals surface area contributed by atoms with Gasteiger partial charge in [-0.1, -0.05) is 264 Å². The minimum Gasteiger partial charge on any atom is -0.394 e. The SMILES string of the molecule is CCCCCCCCCCCCCCCCCCCCCCCCC(=O)NC(CO)C(O)CCCCCCCCCCCCCCCCCCCC. The Morgan fingerprint density at radius 2 is 0.615 bits per heavy atom. The predicted molar refractivity (Wildman–Crippen MR) is 230 cm³/mol. The molecule has 52 heavy (non-hydrogen) atoms. The average molecular weight is 736 g/mol. The Balaban J connectivity index is 3.44. The van der Waals surface area contributed by atoms with Crippen LogP contribution in [0.15, 0.2) is 0 Å². The molecule has 0 aliphatic rings. The summed E-state index contributed by atoms with van der Waals surface area (Å²) in [7, 11) is 0. The number of rotatable bonds is 45. The van der Waals surface area contributed by atoms with Gasteiger partial charge in [0, 0.05) is 6.42 Å². The first-order valence-corrected chi connectivity index (χ1v) is 24.2. The van der Waals surface area contributed by atoms with Crippen LogP contribution in [0.1, 0.15) is 284 Å². The van der Waals surface area contributed by atoms with E-state index in [-0.39, 0.29) is 12.5 Å². The van der Waals surface area contributed by atoms with Crippen molar-refractivity contribution >= 4 is 5.91 Å². The quantitative estimate of drug-likeness (QED) is 0.0545. The molecule has 2 unspecified atom stereocenters. The maximum Gasteiger partial charge on any atom is 0.220 e. The van der Waals surface area contributed by atoms with Crippen LogP contribution in [0.2, 0.25) is 0 Å². The van der Waals surface area contributed by atoms with Gasteiger partial charge in [-0.15, -0.1) is 0 Å². The van der Waals surface area contributed by atoms with Crippen molar-refractivity contribution in [1.29, 1.82) is 0 Å². The van der Waals surface area contributed by atoms with Gasteiger partial charge in [-0.25, -0.2) is 0 Å². The summed E-state index contributed by atoms with van der Waals surface area (Å²) in [5.41, 5.74) is 0. The van der Waals surface area contributed by atoms with Gasteiger partial charge >= 0.3 is 0 Å². The second kappa shape index (κ2) is 44.8. The Kier molecular flexibility index (Phi) is 44.3. The van der Waals surface area contributed by atoms with E-state index in [2.05, 4.69) is 19.2 Å². The zero-order valence-corrected chi connectivity index (χ0v) is 35.9. The molecule has 0 aliphatic heterocycles. The fourth-order valence-corrected chi connectivity index (χ4v) is 7.89. The van der Waals surface area contributed by atoms with Gasteiger partial charge in [-0.3, -0.25) is 4.79 Å². The van der Waals surface area contributed by atoms with Crippen LogP contribution in [-0.2, 0) is 4.79 Å². The van der Waals surface area contributed by atoms with Crippen LogP contribution in [0.5, 0.6) is 0 Å². The van der Waals surface area contributed by atoms with E-state index in [1.165, 1.54) is 231 Å². The van der Waals surface area contributed by atoms with E-state index in [9.17, 15) is 15.0 Å². The van der Waals surface area contributed by atoms with Crippen LogP contribution in [-0.4, -0.2) is 34.9 Å². The number of aliphatic hydroxyl groups is 2. The fourth-order valence-electron chi connectivity index (χ4n) is 7.89. The topological polar surface area (TPSA) is 69.6 Å². The Labute approximate surface area is 327 Å². The molecule has 0 fully saturated rings. The van der Waals surface area contributed by atoms with Gasteiger partial charge < -0.3 is 15.5 Å². The molecule has 0 saturated carbocycles. The van der Waals surface area contributed by atoms with E-state index >= 15 is 0 Å². The molecule has 0 saturated heterocycles. The molecule has 0 heterocycles. The van der Waals surface area contributed by atoms with Crippen molar-refractivity contribution < 1.29 is 15.0 Å². The first kappa shape index (κ1) is 51.4. The number of amides is 1. The van der Waals surface area contributed by atoms with Gasteiger partial charge in [0.25, 0.3) is 0 Å². The van der Waals surface area contributed by atoms with Crippen LogP contribution in [0.25, 0.3) is 0 Å². The van der Waals surface area contributed by atoms with Crippen LogP contribution in [0, 0.1) is 0 Å². The van der Waals surface area contributed by atoms with E-state index in [1.54, 1.807) is 0 Å². The summed E-state index contributed by atoms with van der Waals surface area (Å²) in [6.45, 7) is 4.39. The third-order valence-corrected chi connectivity index (χ3v) is 11.6. The molecule has 0 aromatic rings. The largest absolute Gasteiger partial charge is 0.394 e. The monoisotopic (exact) mass is 736 g/mol. The summed E-state index contributed by atoms with van der Waals surface area (Å²) in [6.07, 6.45) is 54.8. The van der Waals surface area contributed by atoms with Crippen molar-refractivity contribution in [2.45, 2.75) is 296 Å². The summed E-state index contributed by atoms with van der Waals surface area (Å²) in [5.74, 6) is -0.0240. The molecule has 4 heteroatoms. The number of aliphatic hydroxyl groups excluding tert-OH is 2. The highest BCUT2D eigenvalue weighted by molar-refractivity contribution is 5.76. The Morgan fingerprint density at radius 1 is 0.385 bits per heavy atom. The molecule has 0 radical (unpaired) electrons. The van der Waals surface area contributed by atoms with E-state index in [0.29, 0.717) is 12.8 Å². The summed E-state index contributed by atoms with van der Waals surface area (Å²) in [4.78, 5) is 12.4. The van der Waals surface area contributed by atoms with Crippen LogP contribution in [0.4, 0.5) is 0 Å². The first-order valence-electron chi connectivity index (χ1n) is 24.2. The molecule has 4 nitrogen and oxygen atoms in total. The number of hydrogen-bond acceptors (Lipinski definition) is 3. The van der Waals surface area contributed by atoms with Gasteiger partial charge in [-0.05, 0) is 12.8 Å². The molecule has 0 aromatic carbocycles. The summed E-state index contributed by atoms with van der Waals surface area (Å²) in [5, 5.41) is 23.2. The summed E-state index contributed by atoms with van der Waals surface area (Å²) >= 11 is 0. The van der Waals surface area contributed by atoms with Crippen molar-refractivity contribution in [2.24, 2.45) is 0 Å². The number of hydrogen-bond donors (Lipinski definition) is 3. The molecule has 0 bridgehead atoms. The molecule has 0 aliphatic carbocycles. The number of carbonyl (C=O) groups is 1. The Hall–Kier alpha value is -0.610. The van der Waals surface area contributed by atoms with Crippen LogP contribution in [0.3, 0.4) is 0 Å². The minimum atomic E-state index is -0.653. The van der Waals surface area contributed by atoms with E-state index in [1.807, 2.05) is 0 Å². The lowest BCUT2D eigenvalue weighted by atomic mass is 10.0. The molecule has 312 valence electrons. The highest BCUT2D eigenvalue weighted by atomic mass is 16.3. The standard InChI is InChI=1S/C48H97NO3/c1-3-5-7-9-11-13-15-17-19-21-23-24-25-26-28-30-32-34-36-38-40-42-44-48(52)49-46(45-50)47(51)43-41-39-37-35-33-31-29-27-22-20-18-16-14-12-10-8-6-4-2/h46-47,50-51H,3-45H2,1-2H3,(H,49,52). The number of nitrogens with one attached hydrogen (secondary N) is 1. The highest BCUT2D eigenvalue weighted by Gasteiger charge is 2.20. The third kappa shape index (κ3) is 40.6. The van der Waals surface area contributed by atoms with Gasteiger partial charge in [-0.2, -0.15) is 0 Å². The predicted octanol–water partition coefficient (Wildman–Crippen LogP) is 15.2. The van der Waals surface area contributed by atoms with E-state index in [0.717, 1.165) is 25.7 Å². The lowest BCUT2D eigenvalue weighted by Gasteiger charge is -2.22. The van der Waals surface area contributed by atoms with Crippen molar-refractivity contribution in [2.75, 3.05) is 6.61 Å². The van der Waals surface area contributed by atoms with Gasteiger partial charge in [0.15, 0.2) is 0 Å². The molecular weight excluding hydrogens is 639 g/mol. The zero-order valence-electron chi connectivity index (χ0n) is 35.9. The van der Waals surface area contributed by atoms with E-state index in [4.69, 9.17) is 0 Å². The smallest absolute Gasteiger partial charge is 0.220 e. The van der Waals surface area contributed by atoms with E-state index < -0.39 is 12.1 Å². The maximum atomic E-state index is 12.4. The fraction of sp³-hybridized carbons (Fsp3) is 0.979. The molecule has 2 atom stereocenters. The Bertz CT molecular complexity index is 670. The Morgan fingerprint density at radius 3 is 0.865 bits per heavy atom.